The predicted molar refractivity (Wildman–Crippen MR) is 93.1 cm³/mol. The van der Waals surface area contributed by atoms with Gasteiger partial charge in [0.25, 0.3) is 5.91 Å². The van der Waals surface area contributed by atoms with Crippen LogP contribution in [-0.4, -0.2) is 49.9 Å². The first-order valence-electron chi connectivity index (χ1n) is 8.22. The van der Waals surface area contributed by atoms with Gasteiger partial charge in [0.15, 0.2) is 5.69 Å². The highest BCUT2D eigenvalue weighted by Gasteiger charge is 2.30. The van der Waals surface area contributed by atoms with E-state index in [2.05, 4.69) is 18.9 Å². The normalized spacial score (nSPS) is 14.0. The Kier molecular flexibility index (Phi) is 4.91. The second-order valence-corrected chi connectivity index (χ2v) is 7.34. The lowest BCUT2D eigenvalue weighted by atomic mass is 10.0. The monoisotopic (exact) mass is 363 g/mol. The molecule has 0 saturated heterocycles. The maximum Gasteiger partial charge on any atom is 0.356 e. The van der Waals surface area contributed by atoms with Crippen molar-refractivity contribution in [3.8, 4) is 0 Å². The molecule has 3 rings (SSSR count). The Morgan fingerprint density at radius 1 is 1.40 bits per heavy atom. The van der Waals surface area contributed by atoms with Crippen molar-refractivity contribution in [2.45, 2.75) is 39.3 Å². The average Bonchev–Trinajstić information content (AvgIpc) is 3.19. The zero-order valence-corrected chi connectivity index (χ0v) is 15.0. The largest absolute Gasteiger partial charge is 0.476 e. The summed E-state index contributed by atoms with van der Waals surface area (Å²) in [7, 11) is 0. The van der Waals surface area contributed by atoms with E-state index in [1.807, 2.05) is 11.4 Å². The molecule has 25 heavy (non-hydrogen) atoms. The Labute approximate surface area is 149 Å². The van der Waals surface area contributed by atoms with Gasteiger partial charge in [0.2, 0.25) is 0 Å². The van der Waals surface area contributed by atoms with E-state index in [4.69, 9.17) is 5.11 Å². The number of nitrogens with zero attached hydrogens (tertiary/aromatic N) is 3. The van der Waals surface area contributed by atoms with E-state index in [9.17, 15) is 14.7 Å². The smallest absolute Gasteiger partial charge is 0.356 e. The number of fused-ring (bicyclic) bond motifs is 1. The number of hydrogen-bond acceptors (Lipinski definition) is 5. The molecule has 0 aliphatic carbocycles. The van der Waals surface area contributed by atoms with Crippen molar-refractivity contribution in [2.75, 3.05) is 13.2 Å². The van der Waals surface area contributed by atoms with E-state index < -0.39 is 5.97 Å². The van der Waals surface area contributed by atoms with Crippen LogP contribution in [0.5, 0.6) is 0 Å². The molecule has 7 nitrogen and oxygen atoms in total. The summed E-state index contributed by atoms with van der Waals surface area (Å²) in [6.07, 6.45) is 0.530. The minimum absolute atomic E-state index is 0.0332. The molecule has 0 saturated carbocycles. The average molecular weight is 363 g/mol. The molecule has 0 aromatic carbocycles. The lowest BCUT2D eigenvalue weighted by Gasteiger charge is -2.27. The molecule has 1 aliphatic heterocycles. The van der Waals surface area contributed by atoms with Gasteiger partial charge in [-0.25, -0.2) is 4.79 Å². The number of carbonyl (C=O) groups excluding carboxylic acids is 1. The number of carboxylic acids is 1. The Morgan fingerprint density at radius 3 is 2.76 bits per heavy atom. The second-order valence-electron chi connectivity index (χ2n) is 6.39. The molecule has 0 atom stereocenters. The zero-order chi connectivity index (χ0) is 18.1. The Hall–Kier alpha value is -2.19. The molecule has 0 fully saturated rings. The van der Waals surface area contributed by atoms with E-state index in [1.54, 1.807) is 20.9 Å². The van der Waals surface area contributed by atoms with Crippen LogP contribution in [0, 0.1) is 0 Å². The van der Waals surface area contributed by atoms with E-state index in [0.29, 0.717) is 30.0 Å². The van der Waals surface area contributed by atoms with Crippen molar-refractivity contribution >= 4 is 23.2 Å². The van der Waals surface area contributed by atoms with Crippen molar-refractivity contribution in [1.29, 1.82) is 0 Å². The fourth-order valence-electron chi connectivity index (χ4n) is 3.07. The van der Waals surface area contributed by atoms with Crippen LogP contribution in [0.15, 0.2) is 11.4 Å². The minimum Gasteiger partial charge on any atom is -0.476 e. The molecule has 3 heterocycles. The third-order valence-electron chi connectivity index (χ3n) is 4.37. The first kappa shape index (κ1) is 17.6. The topological polar surface area (TPSA) is 95.7 Å². The number of carbonyl (C=O) groups is 2. The highest BCUT2D eigenvalue weighted by Crippen LogP contribution is 2.27. The van der Waals surface area contributed by atoms with Crippen LogP contribution in [0.3, 0.4) is 0 Å². The summed E-state index contributed by atoms with van der Waals surface area (Å²) in [6, 6.07) is 1.92. The molecule has 0 unspecified atom stereocenters. The van der Waals surface area contributed by atoms with E-state index in [-0.39, 0.29) is 31.3 Å². The third kappa shape index (κ3) is 3.32. The molecule has 2 aromatic rings. The number of rotatable bonds is 5. The van der Waals surface area contributed by atoms with Gasteiger partial charge < -0.3 is 15.1 Å². The molecule has 2 aromatic heterocycles. The summed E-state index contributed by atoms with van der Waals surface area (Å²) >= 11 is 1.57. The van der Waals surface area contributed by atoms with Gasteiger partial charge in [-0.1, -0.05) is 13.8 Å². The highest BCUT2D eigenvalue weighted by atomic mass is 32.1. The van der Waals surface area contributed by atoms with Gasteiger partial charge in [0.1, 0.15) is 0 Å². The molecule has 0 radical (unpaired) electrons. The van der Waals surface area contributed by atoms with Crippen molar-refractivity contribution in [3.63, 3.8) is 0 Å². The number of aromatic carboxylic acids is 1. The fraction of sp³-hybridized carbons (Fsp3) is 0.471. The summed E-state index contributed by atoms with van der Waals surface area (Å²) in [5, 5.41) is 24.5. The van der Waals surface area contributed by atoms with Gasteiger partial charge >= 0.3 is 5.97 Å². The molecule has 1 aliphatic rings. The lowest BCUT2D eigenvalue weighted by Crippen LogP contribution is -2.36. The van der Waals surface area contributed by atoms with Crippen LogP contribution in [-0.2, 0) is 19.5 Å². The predicted octanol–water partition coefficient (Wildman–Crippen LogP) is 1.96. The summed E-state index contributed by atoms with van der Waals surface area (Å²) in [5.74, 6) is -0.824. The summed E-state index contributed by atoms with van der Waals surface area (Å²) in [6.45, 7) is 5.06. The first-order valence-corrected chi connectivity index (χ1v) is 9.10. The van der Waals surface area contributed by atoms with E-state index in [1.165, 1.54) is 0 Å². The number of carboxylic acid groups (broad SMARTS) is 1. The number of aliphatic hydroxyl groups excluding tert-OH is 1. The molecular formula is C17H21N3O4S. The summed E-state index contributed by atoms with van der Waals surface area (Å²) in [4.78, 5) is 27.1. The van der Waals surface area contributed by atoms with Crippen LogP contribution >= 0.6 is 11.3 Å². The fourth-order valence-corrected chi connectivity index (χ4v) is 3.97. The molecule has 8 heteroatoms. The molecule has 1 amide bonds. The molecule has 0 bridgehead atoms. The van der Waals surface area contributed by atoms with Gasteiger partial charge in [0, 0.05) is 34.5 Å². The zero-order valence-electron chi connectivity index (χ0n) is 14.2. The number of thiophene rings is 1. The number of aromatic nitrogens is 2. The van der Waals surface area contributed by atoms with Gasteiger partial charge in [-0.3, -0.25) is 9.48 Å². The lowest BCUT2D eigenvalue weighted by molar-refractivity contribution is 0.0674. The van der Waals surface area contributed by atoms with Crippen LogP contribution < -0.4 is 0 Å². The van der Waals surface area contributed by atoms with Gasteiger partial charge in [-0.15, -0.1) is 11.3 Å². The van der Waals surface area contributed by atoms with Gasteiger partial charge in [-0.05, 0) is 12.0 Å². The quantitative estimate of drug-likeness (QED) is 0.847. The van der Waals surface area contributed by atoms with Gasteiger partial charge in [0.05, 0.1) is 25.3 Å². The first-order chi connectivity index (χ1) is 11.9. The van der Waals surface area contributed by atoms with Crippen LogP contribution in [0.25, 0.3) is 0 Å². The summed E-state index contributed by atoms with van der Waals surface area (Å²) in [5.41, 5.74) is 1.98. The van der Waals surface area contributed by atoms with Crippen molar-refractivity contribution < 1.29 is 19.8 Å². The number of hydrogen-bond donors (Lipinski definition) is 2. The SMILES string of the molecule is CC(C)c1cc(C(=O)N2CCc3c(c(C(=O)O)nn3CCO)C2)cs1. The maximum absolute atomic E-state index is 12.8. The third-order valence-corrected chi connectivity index (χ3v) is 5.60. The maximum atomic E-state index is 12.8. The Balaban J connectivity index is 1.86. The standard InChI is InChI=1S/C17H21N3O4S/c1-10(2)14-7-11(9-25-14)16(22)19-4-3-13-12(8-19)15(17(23)24)18-20(13)5-6-21/h7,9-10,21H,3-6,8H2,1-2H3,(H,23,24). The van der Waals surface area contributed by atoms with Crippen LogP contribution in [0.1, 0.15) is 56.7 Å². The summed E-state index contributed by atoms with van der Waals surface area (Å²) < 4.78 is 1.54. The van der Waals surface area contributed by atoms with Crippen molar-refractivity contribution in [1.82, 2.24) is 14.7 Å². The van der Waals surface area contributed by atoms with Crippen molar-refractivity contribution in [3.05, 3.63) is 38.8 Å². The molecule has 2 N–H and O–H groups in total. The Bertz CT molecular complexity index is 809. The molecule has 134 valence electrons. The van der Waals surface area contributed by atoms with Gasteiger partial charge in [-0.2, -0.15) is 5.10 Å². The molecular weight excluding hydrogens is 342 g/mol. The molecule has 0 spiro atoms. The van der Waals surface area contributed by atoms with Crippen LogP contribution in [0.2, 0.25) is 0 Å². The van der Waals surface area contributed by atoms with Crippen LogP contribution in [0.4, 0.5) is 0 Å². The van der Waals surface area contributed by atoms with E-state index >= 15 is 0 Å². The van der Waals surface area contributed by atoms with E-state index in [0.717, 1.165) is 10.6 Å². The number of amides is 1. The second kappa shape index (κ2) is 6.97. The Morgan fingerprint density at radius 2 is 2.16 bits per heavy atom. The van der Waals surface area contributed by atoms with Crippen molar-refractivity contribution in [2.24, 2.45) is 0 Å². The highest BCUT2D eigenvalue weighted by molar-refractivity contribution is 7.10. The number of aliphatic hydroxyl groups is 1. The minimum atomic E-state index is -1.11.